The minimum atomic E-state index is 0.596. The minimum absolute atomic E-state index is 0.596. The van der Waals surface area contributed by atoms with E-state index in [1.54, 1.807) is 19.5 Å². The lowest BCUT2D eigenvalue weighted by Gasteiger charge is -2.21. The SMILES string of the molecule is CCn1nccc1C1=C(COc2cncc(OC)c2)CCCC1. The highest BCUT2D eigenvalue weighted by molar-refractivity contribution is 5.67. The van der Waals surface area contributed by atoms with Crippen molar-refractivity contribution in [3.05, 3.63) is 42.0 Å². The van der Waals surface area contributed by atoms with Crippen molar-refractivity contribution in [3.8, 4) is 11.5 Å². The first-order valence-electron chi connectivity index (χ1n) is 8.16. The molecule has 0 saturated heterocycles. The first kappa shape index (κ1) is 15.6. The van der Waals surface area contributed by atoms with Crippen LogP contribution in [0.25, 0.3) is 5.57 Å². The van der Waals surface area contributed by atoms with Crippen molar-refractivity contribution in [3.63, 3.8) is 0 Å². The Hall–Kier alpha value is -2.30. The average Bonchev–Trinajstić information content (AvgIpc) is 3.09. The average molecular weight is 313 g/mol. The van der Waals surface area contributed by atoms with Gasteiger partial charge in [0.25, 0.3) is 0 Å². The summed E-state index contributed by atoms with van der Waals surface area (Å²) in [6, 6.07) is 3.98. The topological polar surface area (TPSA) is 49.2 Å². The van der Waals surface area contributed by atoms with Crippen LogP contribution in [-0.4, -0.2) is 28.5 Å². The van der Waals surface area contributed by atoms with Gasteiger partial charge in [-0.2, -0.15) is 5.10 Å². The van der Waals surface area contributed by atoms with Crippen LogP contribution in [0.5, 0.6) is 11.5 Å². The first-order valence-corrected chi connectivity index (χ1v) is 8.16. The molecular formula is C18H23N3O2. The van der Waals surface area contributed by atoms with Crippen molar-refractivity contribution in [1.29, 1.82) is 0 Å². The van der Waals surface area contributed by atoms with Crippen LogP contribution in [0.4, 0.5) is 0 Å². The second kappa shape index (κ2) is 7.31. The third-order valence-electron chi connectivity index (χ3n) is 4.24. The lowest BCUT2D eigenvalue weighted by molar-refractivity contribution is 0.338. The second-order valence-electron chi connectivity index (χ2n) is 5.67. The monoisotopic (exact) mass is 313 g/mol. The van der Waals surface area contributed by atoms with Gasteiger partial charge in [0, 0.05) is 18.8 Å². The zero-order valence-electron chi connectivity index (χ0n) is 13.8. The fraction of sp³-hybridized carbons (Fsp3) is 0.444. The Labute approximate surface area is 136 Å². The predicted octanol–water partition coefficient (Wildman–Crippen LogP) is 3.71. The lowest BCUT2D eigenvalue weighted by Crippen LogP contribution is -2.11. The number of nitrogens with zero attached hydrogens (tertiary/aromatic N) is 3. The Morgan fingerprint density at radius 2 is 2.00 bits per heavy atom. The molecule has 122 valence electrons. The molecule has 2 aromatic heterocycles. The maximum absolute atomic E-state index is 5.96. The van der Waals surface area contributed by atoms with Crippen LogP contribution < -0.4 is 9.47 Å². The third kappa shape index (κ3) is 3.55. The fourth-order valence-electron chi connectivity index (χ4n) is 3.04. The van der Waals surface area contributed by atoms with Crippen molar-refractivity contribution < 1.29 is 9.47 Å². The van der Waals surface area contributed by atoms with Crippen molar-refractivity contribution >= 4 is 5.57 Å². The minimum Gasteiger partial charge on any atom is -0.495 e. The summed E-state index contributed by atoms with van der Waals surface area (Å²) in [4.78, 5) is 4.14. The van der Waals surface area contributed by atoms with Crippen molar-refractivity contribution in [2.45, 2.75) is 39.2 Å². The van der Waals surface area contributed by atoms with E-state index in [9.17, 15) is 0 Å². The molecule has 0 atom stereocenters. The third-order valence-corrected chi connectivity index (χ3v) is 4.24. The summed E-state index contributed by atoms with van der Waals surface area (Å²) < 4.78 is 13.2. The van der Waals surface area contributed by atoms with Crippen LogP contribution in [0.15, 0.2) is 36.3 Å². The van der Waals surface area contributed by atoms with E-state index >= 15 is 0 Å². The van der Waals surface area contributed by atoms with Gasteiger partial charge in [-0.05, 0) is 49.8 Å². The van der Waals surface area contributed by atoms with E-state index in [1.807, 2.05) is 12.3 Å². The zero-order chi connectivity index (χ0) is 16.1. The van der Waals surface area contributed by atoms with Gasteiger partial charge in [-0.15, -0.1) is 0 Å². The molecule has 5 nitrogen and oxygen atoms in total. The molecule has 0 radical (unpaired) electrons. The molecule has 0 unspecified atom stereocenters. The highest BCUT2D eigenvalue weighted by atomic mass is 16.5. The maximum atomic E-state index is 5.96. The summed E-state index contributed by atoms with van der Waals surface area (Å²) in [5, 5.41) is 4.40. The number of rotatable bonds is 6. The summed E-state index contributed by atoms with van der Waals surface area (Å²) in [6.07, 6.45) is 9.92. The van der Waals surface area contributed by atoms with E-state index in [4.69, 9.17) is 9.47 Å². The number of aromatic nitrogens is 3. The van der Waals surface area contributed by atoms with Gasteiger partial charge in [-0.25, -0.2) is 0 Å². The molecule has 0 aromatic carbocycles. The zero-order valence-corrected chi connectivity index (χ0v) is 13.8. The maximum Gasteiger partial charge on any atom is 0.141 e. The molecule has 0 N–H and O–H groups in total. The Bertz CT molecular complexity index is 691. The number of allylic oxidation sites excluding steroid dienone is 1. The molecule has 0 spiro atoms. The van der Waals surface area contributed by atoms with Crippen molar-refractivity contribution in [1.82, 2.24) is 14.8 Å². The summed E-state index contributed by atoms with van der Waals surface area (Å²) in [5.41, 5.74) is 4.00. The van der Waals surface area contributed by atoms with Gasteiger partial charge in [-0.3, -0.25) is 9.67 Å². The number of ether oxygens (including phenoxy) is 2. The standard InChI is InChI=1S/C18H23N3O2/c1-3-21-18(8-9-20-21)17-7-5-4-6-14(17)13-23-16-10-15(22-2)11-19-12-16/h8-12H,3-7,13H2,1-2H3. The number of methoxy groups -OCH3 is 1. The molecule has 2 aromatic rings. The predicted molar refractivity (Wildman–Crippen MR) is 89.6 cm³/mol. The lowest BCUT2D eigenvalue weighted by atomic mass is 9.90. The van der Waals surface area contributed by atoms with Crippen LogP contribution in [0.3, 0.4) is 0 Å². The van der Waals surface area contributed by atoms with Crippen LogP contribution in [0, 0.1) is 0 Å². The number of hydrogen-bond donors (Lipinski definition) is 0. The molecule has 1 aliphatic rings. The Morgan fingerprint density at radius 3 is 2.83 bits per heavy atom. The smallest absolute Gasteiger partial charge is 0.141 e. The Morgan fingerprint density at radius 1 is 1.17 bits per heavy atom. The van der Waals surface area contributed by atoms with E-state index in [0.717, 1.165) is 25.1 Å². The molecule has 1 aliphatic carbocycles. The molecular weight excluding hydrogens is 290 g/mol. The number of hydrogen-bond acceptors (Lipinski definition) is 4. The van der Waals surface area contributed by atoms with Gasteiger partial charge in [0.15, 0.2) is 0 Å². The van der Waals surface area contributed by atoms with Crippen LogP contribution in [0.2, 0.25) is 0 Å². The second-order valence-corrected chi connectivity index (χ2v) is 5.67. The number of aryl methyl sites for hydroxylation is 1. The fourth-order valence-corrected chi connectivity index (χ4v) is 3.04. The summed E-state index contributed by atoms with van der Waals surface area (Å²) >= 11 is 0. The van der Waals surface area contributed by atoms with E-state index < -0.39 is 0 Å². The van der Waals surface area contributed by atoms with Crippen molar-refractivity contribution in [2.75, 3.05) is 13.7 Å². The quantitative estimate of drug-likeness (QED) is 0.815. The van der Waals surface area contributed by atoms with E-state index in [0.29, 0.717) is 12.4 Å². The van der Waals surface area contributed by atoms with Crippen molar-refractivity contribution in [2.24, 2.45) is 0 Å². The Kier molecular flexibility index (Phi) is 4.95. The molecule has 0 fully saturated rings. The van der Waals surface area contributed by atoms with Crippen LogP contribution >= 0.6 is 0 Å². The van der Waals surface area contributed by atoms with Crippen LogP contribution in [-0.2, 0) is 6.54 Å². The van der Waals surface area contributed by atoms with Gasteiger partial charge < -0.3 is 9.47 Å². The summed E-state index contributed by atoms with van der Waals surface area (Å²) in [6.45, 7) is 3.61. The highest BCUT2D eigenvalue weighted by Crippen LogP contribution is 2.32. The molecule has 0 aliphatic heterocycles. The molecule has 0 saturated carbocycles. The van der Waals surface area contributed by atoms with Gasteiger partial charge >= 0.3 is 0 Å². The Balaban J connectivity index is 1.80. The van der Waals surface area contributed by atoms with Gasteiger partial charge in [0.2, 0.25) is 0 Å². The van der Waals surface area contributed by atoms with Crippen LogP contribution in [0.1, 0.15) is 38.3 Å². The summed E-state index contributed by atoms with van der Waals surface area (Å²) in [7, 11) is 1.63. The number of pyridine rings is 1. The normalized spacial score (nSPS) is 14.9. The van der Waals surface area contributed by atoms with Gasteiger partial charge in [0.1, 0.15) is 18.1 Å². The summed E-state index contributed by atoms with van der Waals surface area (Å²) in [5.74, 6) is 1.45. The molecule has 3 rings (SSSR count). The van der Waals surface area contributed by atoms with E-state index in [-0.39, 0.29) is 0 Å². The van der Waals surface area contributed by atoms with Gasteiger partial charge in [0.05, 0.1) is 25.2 Å². The largest absolute Gasteiger partial charge is 0.495 e. The molecule has 23 heavy (non-hydrogen) atoms. The molecule has 2 heterocycles. The molecule has 5 heteroatoms. The van der Waals surface area contributed by atoms with Gasteiger partial charge in [-0.1, -0.05) is 0 Å². The highest BCUT2D eigenvalue weighted by Gasteiger charge is 2.17. The first-order chi connectivity index (χ1) is 11.3. The van der Waals surface area contributed by atoms with E-state index in [2.05, 4.69) is 27.8 Å². The molecule has 0 bridgehead atoms. The van der Waals surface area contributed by atoms with E-state index in [1.165, 1.54) is 29.7 Å². The molecule has 0 amide bonds.